The number of benzene rings is 2. The van der Waals surface area contributed by atoms with Crippen LogP contribution in [0, 0.1) is 6.92 Å². The van der Waals surface area contributed by atoms with Crippen LogP contribution in [0.25, 0.3) is 0 Å². The third kappa shape index (κ3) is 3.75. The number of hydrogen-bond acceptors (Lipinski definition) is 9. The van der Waals surface area contributed by atoms with Gasteiger partial charge in [0.05, 0.1) is 19.4 Å². The minimum absolute atomic E-state index is 0.208. The van der Waals surface area contributed by atoms with Gasteiger partial charge in [0, 0.05) is 11.4 Å². The number of esters is 2. The van der Waals surface area contributed by atoms with Crippen molar-refractivity contribution in [2.24, 2.45) is 5.10 Å². The van der Waals surface area contributed by atoms with Crippen LogP contribution in [0.1, 0.15) is 19.4 Å². The van der Waals surface area contributed by atoms with Crippen molar-refractivity contribution < 1.29 is 19.1 Å². The van der Waals surface area contributed by atoms with Crippen LogP contribution >= 0.6 is 23.5 Å². The molecular weight excluding hydrogens is 446 g/mol. The standard InChI is InChI=1S/C23H23N3O4S2/c1-5-30-21(27)19-16(3)25(17-9-7-6-8-10-17)23(31-19)26(18-13-11-15(2)12-14-18)24-20(32-23)22(28)29-4/h6-14H,5H2,1-4H3/t23-/m1/s1. The molecule has 2 aromatic carbocycles. The van der Waals surface area contributed by atoms with E-state index < -0.39 is 16.3 Å². The van der Waals surface area contributed by atoms with Gasteiger partial charge in [-0.1, -0.05) is 47.7 Å². The topological polar surface area (TPSA) is 71.4 Å². The van der Waals surface area contributed by atoms with E-state index in [2.05, 4.69) is 5.10 Å². The van der Waals surface area contributed by atoms with Crippen LogP contribution in [-0.2, 0) is 19.1 Å². The molecule has 0 aromatic heterocycles. The molecule has 0 amide bonds. The molecule has 0 radical (unpaired) electrons. The number of methoxy groups -OCH3 is 1. The summed E-state index contributed by atoms with van der Waals surface area (Å²) in [6, 6.07) is 17.6. The maximum absolute atomic E-state index is 12.8. The molecule has 9 heteroatoms. The number of rotatable bonds is 5. The van der Waals surface area contributed by atoms with Gasteiger partial charge in [-0.05, 0) is 56.8 Å². The van der Waals surface area contributed by atoms with E-state index in [1.54, 1.807) is 11.9 Å². The highest BCUT2D eigenvalue weighted by atomic mass is 32.2. The zero-order chi connectivity index (χ0) is 22.9. The maximum Gasteiger partial charge on any atom is 0.365 e. The molecule has 0 bridgehead atoms. The van der Waals surface area contributed by atoms with Gasteiger partial charge in [-0.2, -0.15) is 5.10 Å². The van der Waals surface area contributed by atoms with E-state index in [9.17, 15) is 9.59 Å². The van der Waals surface area contributed by atoms with Crippen LogP contribution in [0.15, 0.2) is 70.3 Å². The molecule has 0 unspecified atom stereocenters. The van der Waals surface area contributed by atoms with Gasteiger partial charge in [-0.15, -0.1) is 0 Å². The monoisotopic (exact) mass is 469 g/mol. The highest BCUT2D eigenvalue weighted by molar-refractivity contribution is 8.29. The van der Waals surface area contributed by atoms with Gasteiger partial charge in [0.15, 0.2) is 0 Å². The Morgan fingerprint density at radius 1 is 0.969 bits per heavy atom. The van der Waals surface area contributed by atoms with Crippen molar-refractivity contribution in [2.75, 3.05) is 23.6 Å². The highest BCUT2D eigenvalue weighted by Crippen LogP contribution is 2.60. The maximum atomic E-state index is 12.8. The van der Waals surface area contributed by atoms with Gasteiger partial charge < -0.3 is 14.4 Å². The Kier molecular flexibility index (Phi) is 6.21. The quantitative estimate of drug-likeness (QED) is 0.584. The van der Waals surface area contributed by atoms with Crippen LogP contribution < -0.4 is 9.91 Å². The summed E-state index contributed by atoms with van der Waals surface area (Å²) in [5.41, 5.74) is 3.48. The third-order valence-corrected chi connectivity index (χ3v) is 7.83. The zero-order valence-electron chi connectivity index (χ0n) is 18.2. The van der Waals surface area contributed by atoms with Crippen molar-refractivity contribution in [1.82, 2.24) is 0 Å². The summed E-state index contributed by atoms with van der Waals surface area (Å²) in [4.78, 5) is 27.8. The molecule has 2 aromatic rings. The number of hydrogen-bond donors (Lipinski definition) is 0. The molecule has 0 aliphatic carbocycles. The Hall–Kier alpha value is -2.91. The predicted octanol–water partition coefficient (Wildman–Crippen LogP) is 4.69. The average Bonchev–Trinajstić information content (AvgIpc) is 3.32. The first-order chi connectivity index (χ1) is 15.4. The van der Waals surface area contributed by atoms with Crippen molar-refractivity contribution >= 4 is 51.9 Å². The molecule has 166 valence electrons. The number of carbonyl (C=O) groups is 2. The van der Waals surface area contributed by atoms with Gasteiger partial charge in [-0.3, -0.25) is 0 Å². The van der Waals surface area contributed by atoms with E-state index in [0.29, 0.717) is 4.91 Å². The fourth-order valence-corrected chi connectivity index (χ4v) is 6.48. The lowest BCUT2D eigenvalue weighted by Crippen LogP contribution is -2.49. The van der Waals surface area contributed by atoms with Crippen LogP contribution in [0.3, 0.4) is 0 Å². The number of ether oxygens (including phenoxy) is 2. The van der Waals surface area contributed by atoms with E-state index in [4.69, 9.17) is 9.47 Å². The van der Waals surface area contributed by atoms with Gasteiger partial charge in [0.2, 0.25) is 9.37 Å². The summed E-state index contributed by atoms with van der Waals surface area (Å²) < 4.78 is 9.32. The number of carbonyl (C=O) groups excluding carboxylic acids is 2. The van der Waals surface area contributed by atoms with E-state index in [0.717, 1.165) is 22.6 Å². The Bertz CT molecular complexity index is 1100. The molecule has 7 nitrogen and oxygen atoms in total. The molecule has 1 spiro atoms. The second-order valence-electron chi connectivity index (χ2n) is 7.10. The number of para-hydroxylation sites is 1. The van der Waals surface area contributed by atoms with E-state index >= 15 is 0 Å². The zero-order valence-corrected chi connectivity index (χ0v) is 19.8. The summed E-state index contributed by atoms with van der Waals surface area (Å²) in [6.45, 7) is 5.93. The second-order valence-corrected chi connectivity index (χ2v) is 9.70. The summed E-state index contributed by atoms with van der Waals surface area (Å²) in [6.07, 6.45) is 0. The van der Waals surface area contributed by atoms with Crippen molar-refractivity contribution in [3.05, 3.63) is 70.8 Å². The molecule has 2 aliphatic heterocycles. The van der Waals surface area contributed by atoms with Gasteiger partial charge in [-0.25, -0.2) is 14.6 Å². The molecule has 0 saturated carbocycles. The number of allylic oxidation sites excluding steroid dienone is 1. The average molecular weight is 470 g/mol. The van der Waals surface area contributed by atoms with E-state index in [1.165, 1.54) is 30.6 Å². The molecule has 0 saturated heterocycles. The third-order valence-electron chi connectivity index (χ3n) is 4.98. The molecular formula is C23H23N3O4S2. The lowest BCUT2D eigenvalue weighted by Gasteiger charge is -2.41. The lowest BCUT2D eigenvalue weighted by atomic mass is 10.2. The van der Waals surface area contributed by atoms with Crippen LogP contribution in [0.5, 0.6) is 0 Å². The SMILES string of the molecule is CCOC(=O)C1=C(C)N(c2ccccc2)[C@]2(SC(C(=O)OC)=NN2c2ccc(C)cc2)S1. The largest absolute Gasteiger partial charge is 0.464 e. The summed E-state index contributed by atoms with van der Waals surface area (Å²) in [7, 11) is 1.33. The van der Waals surface area contributed by atoms with E-state index in [-0.39, 0.29) is 11.7 Å². The van der Waals surface area contributed by atoms with Gasteiger partial charge in [0.25, 0.3) is 0 Å². The molecule has 2 heterocycles. The number of thioether (sulfide) groups is 2. The molecule has 32 heavy (non-hydrogen) atoms. The van der Waals surface area contributed by atoms with Crippen molar-refractivity contribution in [2.45, 2.75) is 25.1 Å². The van der Waals surface area contributed by atoms with Crippen molar-refractivity contribution in [3.63, 3.8) is 0 Å². The summed E-state index contributed by atoms with van der Waals surface area (Å²) in [5, 5.41) is 6.62. The number of anilines is 2. The normalized spacial score (nSPS) is 20.1. The van der Waals surface area contributed by atoms with Crippen molar-refractivity contribution in [1.29, 1.82) is 0 Å². The molecule has 4 rings (SSSR count). The van der Waals surface area contributed by atoms with Crippen LogP contribution in [0.4, 0.5) is 11.4 Å². The second kappa shape index (κ2) is 8.91. The first kappa shape index (κ1) is 22.3. The van der Waals surface area contributed by atoms with Gasteiger partial charge in [0.1, 0.15) is 4.91 Å². The molecule has 0 N–H and O–H groups in total. The first-order valence-corrected chi connectivity index (χ1v) is 11.7. The number of hydrazone groups is 1. The Labute approximate surface area is 195 Å². The predicted molar refractivity (Wildman–Crippen MR) is 129 cm³/mol. The van der Waals surface area contributed by atoms with E-state index in [1.807, 2.05) is 73.3 Å². The lowest BCUT2D eigenvalue weighted by molar-refractivity contribution is -0.137. The van der Waals surface area contributed by atoms with Crippen molar-refractivity contribution in [3.8, 4) is 0 Å². The Balaban J connectivity index is 1.89. The van der Waals surface area contributed by atoms with Crippen LogP contribution in [0.2, 0.25) is 0 Å². The first-order valence-electron chi connectivity index (χ1n) is 10.1. The highest BCUT2D eigenvalue weighted by Gasteiger charge is 2.58. The minimum atomic E-state index is -0.980. The fourth-order valence-electron chi connectivity index (χ4n) is 3.51. The number of aryl methyl sites for hydroxylation is 1. The molecule has 0 fully saturated rings. The summed E-state index contributed by atoms with van der Waals surface area (Å²) in [5.74, 6) is -0.927. The smallest absolute Gasteiger partial charge is 0.365 e. The van der Waals surface area contributed by atoms with Gasteiger partial charge >= 0.3 is 11.9 Å². The Morgan fingerprint density at radius 2 is 1.66 bits per heavy atom. The number of nitrogens with zero attached hydrogens (tertiary/aromatic N) is 3. The molecule has 2 aliphatic rings. The Morgan fingerprint density at radius 3 is 2.28 bits per heavy atom. The van der Waals surface area contributed by atoms with Crippen LogP contribution in [-0.4, -0.2) is 35.0 Å². The fraction of sp³-hybridized carbons (Fsp3) is 0.261. The summed E-state index contributed by atoms with van der Waals surface area (Å²) >= 11 is 2.56. The minimum Gasteiger partial charge on any atom is -0.464 e. The molecule has 1 atom stereocenters.